The summed E-state index contributed by atoms with van der Waals surface area (Å²) >= 11 is 6.90. The van der Waals surface area contributed by atoms with E-state index in [4.69, 9.17) is 19.9 Å². The molecule has 0 radical (unpaired) electrons. The first kappa shape index (κ1) is 25.7. The normalized spacial score (nSPS) is 17.6. The molecule has 3 rings (SSSR count). The Balaban J connectivity index is 1.59. The molecule has 0 amide bonds. The summed E-state index contributed by atoms with van der Waals surface area (Å²) in [6.07, 6.45) is 1.95. The number of aryl methyl sites for hydroxylation is 1. The van der Waals surface area contributed by atoms with Gasteiger partial charge >= 0.3 is 0 Å². The highest BCUT2D eigenvalue weighted by Crippen LogP contribution is 2.37. The van der Waals surface area contributed by atoms with Crippen LogP contribution in [0.4, 0.5) is 0 Å². The van der Waals surface area contributed by atoms with Gasteiger partial charge in [0, 0.05) is 6.42 Å². The lowest BCUT2D eigenvalue weighted by atomic mass is 10.1. The van der Waals surface area contributed by atoms with Crippen molar-refractivity contribution >= 4 is 67.8 Å². The number of benzene rings is 2. The summed E-state index contributed by atoms with van der Waals surface area (Å²) < 4.78 is 20.5. The van der Waals surface area contributed by atoms with Crippen molar-refractivity contribution in [2.75, 3.05) is 26.2 Å². The zero-order valence-electron chi connectivity index (χ0n) is 17.3. The second-order valence-corrected chi connectivity index (χ2v) is 10.9. The molecule has 31 heavy (non-hydrogen) atoms. The van der Waals surface area contributed by atoms with E-state index in [-0.39, 0.29) is 6.10 Å². The minimum absolute atomic E-state index is 0.0839. The molecule has 1 fully saturated rings. The number of rotatable bonds is 12. The Kier molecular flexibility index (Phi) is 10.4. The molecule has 2 aromatic rings. The fraction of sp³-hybridized carbons (Fsp3) is 0.455. The van der Waals surface area contributed by atoms with Gasteiger partial charge in [0.15, 0.2) is 6.29 Å². The van der Waals surface area contributed by atoms with Crippen LogP contribution in [0.15, 0.2) is 24.3 Å². The zero-order chi connectivity index (χ0) is 22.4. The van der Waals surface area contributed by atoms with Gasteiger partial charge < -0.3 is 30.4 Å². The van der Waals surface area contributed by atoms with Crippen molar-refractivity contribution in [3.63, 3.8) is 0 Å². The fourth-order valence-corrected chi connectivity index (χ4v) is 6.10. The van der Waals surface area contributed by atoms with Gasteiger partial charge in [0.2, 0.25) is 0 Å². The number of hydrogen-bond acceptors (Lipinski definition) is 6. The fourth-order valence-electron chi connectivity index (χ4n) is 3.14. The van der Waals surface area contributed by atoms with Gasteiger partial charge in [-0.3, -0.25) is 0 Å². The van der Waals surface area contributed by atoms with Crippen LogP contribution >= 0.6 is 67.8 Å². The Labute approximate surface area is 224 Å². The second-order valence-electron chi connectivity index (χ2n) is 7.41. The molecule has 2 unspecified atom stereocenters. The topological polar surface area (TPSA) is 89.3 Å². The van der Waals surface area contributed by atoms with E-state index in [0.717, 1.165) is 71.6 Å². The first-order valence-corrected chi connectivity index (χ1v) is 13.5. The quantitative estimate of drug-likeness (QED) is 0.167. The van der Waals surface area contributed by atoms with Crippen molar-refractivity contribution in [1.82, 2.24) is 5.32 Å². The van der Waals surface area contributed by atoms with Crippen LogP contribution in [-0.4, -0.2) is 43.7 Å². The summed E-state index contributed by atoms with van der Waals surface area (Å²) in [7, 11) is 0. The van der Waals surface area contributed by atoms with Crippen molar-refractivity contribution in [3.05, 3.63) is 46.1 Å². The molecular formula is C22H27I3N2O4. The van der Waals surface area contributed by atoms with E-state index in [0.29, 0.717) is 13.0 Å². The van der Waals surface area contributed by atoms with Crippen LogP contribution in [0, 0.1) is 17.6 Å². The van der Waals surface area contributed by atoms with Gasteiger partial charge in [0.1, 0.15) is 23.4 Å². The van der Waals surface area contributed by atoms with Crippen LogP contribution in [0.3, 0.4) is 0 Å². The Morgan fingerprint density at radius 2 is 1.68 bits per heavy atom. The number of nitrogens with one attached hydrogen (secondary N) is 1. The first-order valence-electron chi connectivity index (χ1n) is 10.2. The minimum Gasteiger partial charge on any atom is -0.491 e. The van der Waals surface area contributed by atoms with Gasteiger partial charge in [-0.2, -0.15) is 0 Å². The Hall–Kier alpha value is 0.0700. The van der Waals surface area contributed by atoms with E-state index in [9.17, 15) is 5.11 Å². The smallest absolute Gasteiger partial charge is 0.182 e. The molecule has 1 saturated heterocycles. The number of nitrogens with two attached hydrogens (primary N) is 1. The summed E-state index contributed by atoms with van der Waals surface area (Å²) in [5.41, 5.74) is 7.70. The monoisotopic (exact) mass is 764 g/mol. The Bertz CT molecular complexity index is 851. The maximum Gasteiger partial charge on any atom is 0.182 e. The minimum atomic E-state index is -0.619. The van der Waals surface area contributed by atoms with Crippen LogP contribution in [0.25, 0.3) is 0 Å². The molecule has 9 heteroatoms. The molecule has 0 saturated carbocycles. The van der Waals surface area contributed by atoms with Gasteiger partial charge in [0.05, 0.1) is 17.3 Å². The molecule has 2 atom stereocenters. The lowest BCUT2D eigenvalue weighted by Crippen LogP contribution is -2.21. The molecule has 0 aliphatic carbocycles. The summed E-state index contributed by atoms with van der Waals surface area (Å²) in [5, 5.41) is 12.8. The molecule has 1 aliphatic heterocycles. The summed E-state index contributed by atoms with van der Waals surface area (Å²) in [5.74, 6) is 2.55. The van der Waals surface area contributed by atoms with E-state index < -0.39 is 6.29 Å². The molecule has 170 valence electrons. The van der Waals surface area contributed by atoms with Crippen molar-refractivity contribution in [2.24, 2.45) is 5.73 Å². The van der Waals surface area contributed by atoms with Gasteiger partial charge in [0.25, 0.3) is 0 Å². The highest BCUT2D eigenvalue weighted by atomic mass is 127. The third kappa shape index (κ3) is 7.81. The molecule has 1 heterocycles. The summed E-state index contributed by atoms with van der Waals surface area (Å²) in [6.45, 7) is 5.30. The molecule has 6 nitrogen and oxygen atoms in total. The van der Waals surface area contributed by atoms with Gasteiger partial charge in [-0.15, -0.1) is 0 Å². The Morgan fingerprint density at radius 3 is 2.29 bits per heavy atom. The van der Waals surface area contributed by atoms with Crippen molar-refractivity contribution in [3.8, 4) is 17.2 Å². The third-order valence-electron chi connectivity index (χ3n) is 4.78. The average molecular weight is 764 g/mol. The second kappa shape index (κ2) is 12.5. The van der Waals surface area contributed by atoms with Gasteiger partial charge in [-0.1, -0.05) is 6.07 Å². The number of hydrogen-bond donors (Lipinski definition) is 3. The largest absolute Gasteiger partial charge is 0.491 e. The molecule has 0 spiro atoms. The summed E-state index contributed by atoms with van der Waals surface area (Å²) in [4.78, 5) is 0. The highest BCUT2D eigenvalue weighted by molar-refractivity contribution is 14.1. The van der Waals surface area contributed by atoms with Crippen molar-refractivity contribution in [1.29, 1.82) is 0 Å². The molecule has 0 bridgehead atoms. The van der Waals surface area contributed by atoms with E-state index in [2.05, 4.69) is 85.2 Å². The van der Waals surface area contributed by atoms with Crippen molar-refractivity contribution < 1.29 is 19.3 Å². The lowest BCUT2D eigenvalue weighted by Gasteiger charge is -2.16. The van der Waals surface area contributed by atoms with Crippen molar-refractivity contribution in [2.45, 2.75) is 38.6 Å². The zero-order valence-corrected chi connectivity index (χ0v) is 23.8. The molecular weight excluding hydrogens is 737 g/mol. The summed E-state index contributed by atoms with van der Waals surface area (Å²) in [6, 6.07) is 8.21. The molecule has 0 aromatic heterocycles. The average Bonchev–Trinajstić information content (AvgIpc) is 3.40. The third-order valence-corrected chi connectivity index (χ3v) is 7.18. The standard InChI is InChI=1S/C22H27I3N2O4/c1-13-8-14(10-19-22(28)31-19)9-16(23)20(13)30-15-11-17(24)21(18(25)12-15)29-7-3-6-27-5-2-4-26/h8-9,11-12,19,22,27-28H,2-7,10,26H2,1H3. The number of aliphatic hydroxyl groups excluding tert-OH is 1. The van der Waals surface area contributed by atoms with Crippen LogP contribution in [0.5, 0.6) is 17.2 Å². The number of halogens is 3. The number of epoxide rings is 1. The van der Waals surface area contributed by atoms with E-state index in [1.54, 1.807) is 0 Å². The van der Waals surface area contributed by atoms with Crippen LogP contribution in [-0.2, 0) is 11.2 Å². The molecule has 2 aromatic carbocycles. The molecule has 4 N–H and O–H groups in total. The van der Waals surface area contributed by atoms with Gasteiger partial charge in [-0.05, 0) is 136 Å². The number of aliphatic hydroxyl groups is 1. The van der Waals surface area contributed by atoms with E-state index in [1.807, 2.05) is 19.1 Å². The lowest BCUT2D eigenvalue weighted by molar-refractivity contribution is 0.156. The van der Waals surface area contributed by atoms with Crippen LogP contribution in [0.1, 0.15) is 24.0 Å². The maximum atomic E-state index is 9.39. The van der Waals surface area contributed by atoms with Crippen LogP contribution < -0.4 is 20.5 Å². The predicted molar refractivity (Wildman–Crippen MR) is 147 cm³/mol. The van der Waals surface area contributed by atoms with Crippen LogP contribution in [0.2, 0.25) is 0 Å². The maximum absolute atomic E-state index is 9.39. The predicted octanol–water partition coefficient (Wildman–Crippen LogP) is 4.57. The van der Waals surface area contributed by atoms with E-state index in [1.165, 1.54) is 0 Å². The SMILES string of the molecule is Cc1cc(CC2OC2O)cc(I)c1Oc1cc(I)c(OCCCNCCCN)c(I)c1. The van der Waals surface area contributed by atoms with Gasteiger partial charge in [-0.25, -0.2) is 0 Å². The highest BCUT2D eigenvalue weighted by Gasteiger charge is 2.36. The molecule has 1 aliphatic rings. The number of ether oxygens (including phenoxy) is 3. The van der Waals surface area contributed by atoms with E-state index >= 15 is 0 Å². The first-order chi connectivity index (χ1) is 14.9. The Morgan fingerprint density at radius 1 is 1.03 bits per heavy atom.